The molecular formula is C19H22N6O2. The van der Waals surface area contributed by atoms with Crippen LogP contribution in [0.1, 0.15) is 5.76 Å². The zero-order valence-corrected chi connectivity index (χ0v) is 15.4. The molecule has 1 aliphatic heterocycles. The number of nitrogens with zero attached hydrogens (tertiary/aromatic N) is 5. The van der Waals surface area contributed by atoms with Gasteiger partial charge in [0.15, 0.2) is 5.82 Å². The number of rotatable bonds is 5. The van der Waals surface area contributed by atoms with E-state index in [0.717, 1.165) is 43.5 Å². The van der Waals surface area contributed by atoms with E-state index in [2.05, 4.69) is 42.4 Å². The van der Waals surface area contributed by atoms with E-state index in [1.807, 2.05) is 31.2 Å². The smallest absolute Gasteiger partial charge is 0.230 e. The van der Waals surface area contributed by atoms with Crippen molar-refractivity contribution in [3.63, 3.8) is 0 Å². The Hall–Kier alpha value is -3.29. The Morgan fingerprint density at radius 2 is 1.78 bits per heavy atom. The van der Waals surface area contributed by atoms with Gasteiger partial charge in [0.25, 0.3) is 0 Å². The molecule has 1 aromatic carbocycles. The number of benzene rings is 1. The van der Waals surface area contributed by atoms with Crippen molar-refractivity contribution in [1.82, 2.24) is 15.1 Å². The van der Waals surface area contributed by atoms with E-state index in [4.69, 9.17) is 9.26 Å². The minimum absolute atomic E-state index is 0.512. The van der Waals surface area contributed by atoms with Crippen LogP contribution in [0.15, 0.2) is 47.1 Å². The van der Waals surface area contributed by atoms with Crippen molar-refractivity contribution in [2.24, 2.45) is 0 Å². The van der Waals surface area contributed by atoms with Crippen LogP contribution in [0.3, 0.4) is 0 Å². The van der Waals surface area contributed by atoms with Crippen LogP contribution < -0.4 is 19.9 Å². The highest BCUT2D eigenvalue weighted by molar-refractivity contribution is 5.53. The molecule has 0 radical (unpaired) electrons. The van der Waals surface area contributed by atoms with Crippen LogP contribution in [-0.4, -0.2) is 48.4 Å². The van der Waals surface area contributed by atoms with E-state index in [1.165, 1.54) is 5.69 Å². The van der Waals surface area contributed by atoms with E-state index in [1.54, 1.807) is 13.3 Å². The fraction of sp³-hybridized carbons (Fsp3) is 0.316. The lowest BCUT2D eigenvalue weighted by molar-refractivity contribution is 0.400. The van der Waals surface area contributed by atoms with Crippen LogP contribution in [0.2, 0.25) is 0 Å². The molecule has 0 spiro atoms. The van der Waals surface area contributed by atoms with E-state index in [-0.39, 0.29) is 0 Å². The van der Waals surface area contributed by atoms with Gasteiger partial charge in [-0.3, -0.25) is 0 Å². The minimum atomic E-state index is 0.512. The van der Waals surface area contributed by atoms with Gasteiger partial charge in [0.1, 0.15) is 17.3 Å². The van der Waals surface area contributed by atoms with Crippen LogP contribution in [-0.2, 0) is 0 Å². The van der Waals surface area contributed by atoms with Gasteiger partial charge in [0.2, 0.25) is 5.95 Å². The molecule has 1 aliphatic rings. The van der Waals surface area contributed by atoms with E-state index in [0.29, 0.717) is 11.8 Å². The van der Waals surface area contributed by atoms with E-state index in [9.17, 15) is 0 Å². The van der Waals surface area contributed by atoms with Crippen LogP contribution in [0, 0.1) is 6.92 Å². The zero-order chi connectivity index (χ0) is 18.6. The van der Waals surface area contributed by atoms with Gasteiger partial charge in [-0.15, -0.1) is 0 Å². The Kier molecular flexibility index (Phi) is 4.78. The quantitative estimate of drug-likeness (QED) is 0.738. The van der Waals surface area contributed by atoms with Gasteiger partial charge in [-0.2, -0.15) is 4.98 Å². The summed E-state index contributed by atoms with van der Waals surface area (Å²) in [6.07, 6.45) is 1.76. The summed E-state index contributed by atoms with van der Waals surface area (Å²) >= 11 is 0. The Bertz CT molecular complexity index is 887. The second-order valence-electron chi connectivity index (χ2n) is 6.36. The number of aromatic nitrogens is 3. The molecular weight excluding hydrogens is 344 g/mol. The van der Waals surface area contributed by atoms with Crippen molar-refractivity contribution in [3.8, 4) is 5.75 Å². The molecule has 1 saturated heterocycles. The Balaban J connectivity index is 1.39. The Labute approximate surface area is 157 Å². The van der Waals surface area contributed by atoms with Crippen molar-refractivity contribution < 1.29 is 9.26 Å². The fourth-order valence-electron chi connectivity index (χ4n) is 3.11. The number of hydrogen-bond acceptors (Lipinski definition) is 8. The monoisotopic (exact) mass is 366 g/mol. The third-order valence-electron chi connectivity index (χ3n) is 4.55. The first-order valence-electron chi connectivity index (χ1n) is 8.88. The molecule has 3 heterocycles. The molecule has 140 valence electrons. The summed E-state index contributed by atoms with van der Waals surface area (Å²) in [6, 6.07) is 11.9. The molecule has 0 amide bonds. The van der Waals surface area contributed by atoms with Gasteiger partial charge in [0, 0.05) is 44.1 Å². The lowest BCUT2D eigenvalue weighted by atomic mass is 10.2. The molecule has 3 aromatic rings. The molecule has 1 N–H and O–H groups in total. The fourth-order valence-corrected chi connectivity index (χ4v) is 3.11. The maximum absolute atomic E-state index is 5.23. The lowest BCUT2D eigenvalue weighted by Gasteiger charge is -2.36. The summed E-state index contributed by atoms with van der Waals surface area (Å²) in [5.74, 6) is 3.64. The third kappa shape index (κ3) is 3.94. The predicted molar refractivity (Wildman–Crippen MR) is 104 cm³/mol. The summed E-state index contributed by atoms with van der Waals surface area (Å²) in [5, 5.41) is 6.99. The summed E-state index contributed by atoms with van der Waals surface area (Å²) in [6.45, 7) is 5.50. The normalized spacial score (nSPS) is 14.3. The van der Waals surface area contributed by atoms with Crippen molar-refractivity contribution >= 4 is 23.3 Å². The number of aryl methyl sites for hydroxylation is 1. The van der Waals surface area contributed by atoms with Gasteiger partial charge in [0.05, 0.1) is 7.11 Å². The molecule has 0 atom stereocenters. The van der Waals surface area contributed by atoms with Crippen molar-refractivity contribution in [2.45, 2.75) is 6.92 Å². The van der Waals surface area contributed by atoms with Crippen molar-refractivity contribution in [1.29, 1.82) is 0 Å². The minimum Gasteiger partial charge on any atom is -0.497 e. The average molecular weight is 366 g/mol. The average Bonchev–Trinajstić information content (AvgIpc) is 3.13. The lowest BCUT2D eigenvalue weighted by Crippen LogP contribution is -2.46. The molecule has 4 rings (SSSR count). The van der Waals surface area contributed by atoms with Crippen LogP contribution in [0.5, 0.6) is 5.75 Å². The second kappa shape index (κ2) is 7.53. The number of anilines is 4. The maximum atomic E-state index is 5.23. The molecule has 0 bridgehead atoms. The summed E-state index contributed by atoms with van der Waals surface area (Å²) in [7, 11) is 1.68. The van der Waals surface area contributed by atoms with Gasteiger partial charge in [-0.05, 0) is 37.3 Å². The number of ether oxygens (including phenoxy) is 1. The summed E-state index contributed by atoms with van der Waals surface area (Å²) in [4.78, 5) is 13.5. The first-order valence-corrected chi connectivity index (χ1v) is 8.88. The van der Waals surface area contributed by atoms with Gasteiger partial charge < -0.3 is 24.4 Å². The van der Waals surface area contributed by atoms with E-state index < -0.39 is 0 Å². The van der Waals surface area contributed by atoms with Crippen molar-refractivity contribution in [3.05, 3.63) is 48.4 Å². The highest BCUT2D eigenvalue weighted by Crippen LogP contribution is 2.22. The van der Waals surface area contributed by atoms with Gasteiger partial charge in [-0.25, -0.2) is 4.98 Å². The number of nitrogens with one attached hydrogen (secondary N) is 1. The van der Waals surface area contributed by atoms with Crippen LogP contribution in [0.4, 0.5) is 23.3 Å². The standard InChI is InChI=1S/C19H22N6O2/c1-14-13-17(23-27-14)21-19-20-8-7-18(22-19)25-11-9-24(10-12-25)15-3-5-16(26-2)6-4-15/h3-8,13H,9-12H2,1-2H3,(H,20,21,22,23). The molecule has 0 unspecified atom stereocenters. The van der Waals surface area contributed by atoms with Gasteiger partial charge in [-0.1, -0.05) is 5.16 Å². The van der Waals surface area contributed by atoms with Gasteiger partial charge >= 0.3 is 0 Å². The molecule has 2 aromatic heterocycles. The molecule has 8 nitrogen and oxygen atoms in total. The zero-order valence-electron chi connectivity index (χ0n) is 15.4. The topological polar surface area (TPSA) is 79.5 Å². The first kappa shape index (κ1) is 17.1. The van der Waals surface area contributed by atoms with Crippen LogP contribution in [0.25, 0.3) is 0 Å². The predicted octanol–water partition coefficient (Wildman–Crippen LogP) is 2.85. The van der Waals surface area contributed by atoms with Crippen LogP contribution >= 0.6 is 0 Å². The summed E-state index contributed by atoms with van der Waals surface area (Å²) < 4.78 is 10.3. The summed E-state index contributed by atoms with van der Waals surface area (Å²) in [5.41, 5.74) is 1.21. The third-order valence-corrected chi connectivity index (χ3v) is 4.55. The first-order chi connectivity index (χ1) is 13.2. The SMILES string of the molecule is COc1ccc(N2CCN(c3ccnc(Nc4cc(C)on4)n3)CC2)cc1. The van der Waals surface area contributed by atoms with Crippen molar-refractivity contribution in [2.75, 3.05) is 48.4 Å². The molecule has 0 saturated carbocycles. The highest BCUT2D eigenvalue weighted by atomic mass is 16.5. The molecule has 27 heavy (non-hydrogen) atoms. The Morgan fingerprint density at radius 3 is 2.44 bits per heavy atom. The number of piperazine rings is 1. The Morgan fingerprint density at radius 1 is 1.04 bits per heavy atom. The molecule has 8 heteroatoms. The highest BCUT2D eigenvalue weighted by Gasteiger charge is 2.19. The second-order valence-corrected chi connectivity index (χ2v) is 6.36. The van der Waals surface area contributed by atoms with E-state index >= 15 is 0 Å². The number of methoxy groups -OCH3 is 1. The largest absolute Gasteiger partial charge is 0.497 e. The molecule has 0 aliphatic carbocycles. The maximum Gasteiger partial charge on any atom is 0.230 e. The number of hydrogen-bond donors (Lipinski definition) is 1. The molecule has 1 fully saturated rings.